The van der Waals surface area contributed by atoms with Gasteiger partial charge in [0.15, 0.2) is 11.2 Å². The third-order valence-electron chi connectivity index (χ3n) is 6.42. The van der Waals surface area contributed by atoms with Gasteiger partial charge in [-0.2, -0.15) is 4.98 Å². The highest BCUT2D eigenvalue weighted by atomic mass is 16.5. The maximum absolute atomic E-state index is 13.3. The minimum atomic E-state index is -0.361. The molecule has 9 nitrogen and oxygen atoms in total. The summed E-state index contributed by atoms with van der Waals surface area (Å²) in [6.45, 7) is 6.47. The molecule has 1 aliphatic rings. The summed E-state index contributed by atoms with van der Waals surface area (Å²) >= 11 is 0. The Balaban J connectivity index is 1.83. The Hall–Kier alpha value is -3.33. The summed E-state index contributed by atoms with van der Waals surface area (Å²) in [5.74, 6) is 1.48. The minimum absolute atomic E-state index is 0.0607. The maximum Gasteiger partial charge on any atom is 0.332 e. The van der Waals surface area contributed by atoms with Crippen LogP contribution in [0.1, 0.15) is 32.3 Å². The monoisotopic (exact) mass is 466 g/mol. The Kier molecular flexibility index (Phi) is 6.92. The van der Waals surface area contributed by atoms with Crippen molar-refractivity contribution in [2.45, 2.75) is 52.2 Å². The molecule has 3 heterocycles. The van der Waals surface area contributed by atoms with Crippen LogP contribution >= 0.6 is 0 Å². The third kappa shape index (κ3) is 4.65. The average molecular weight is 467 g/mol. The van der Waals surface area contributed by atoms with E-state index in [9.17, 15) is 9.59 Å². The molecule has 1 aromatic carbocycles. The van der Waals surface area contributed by atoms with Gasteiger partial charge in [-0.1, -0.05) is 23.8 Å². The lowest BCUT2D eigenvalue weighted by Gasteiger charge is -2.31. The molecule has 4 rings (SSSR count). The van der Waals surface area contributed by atoms with Crippen LogP contribution < -0.4 is 26.6 Å². The summed E-state index contributed by atoms with van der Waals surface area (Å²) in [7, 11) is 3.16. The van der Waals surface area contributed by atoms with Crippen LogP contribution in [0, 0.1) is 0 Å². The molecule has 1 saturated heterocycles. The zero-order chi connectivity index (χ0) is 24.4. The molecule has 0 saturated carbocycles. The van der Waals surface area contributed by atoms with Crippen molar-refractivity contribution in [3.63, 3.8) is 0 Å². The standard InChI is InChI=1S/C25H34N6O3/c1-17(2)11-14-30-21-22(27-24(30)29-13-5-6-19(26)16-29)31(25(33)28(3)23(21)32)15-12-18-7-9-20(34-4)10-8-18/h7-11,19H,5-6,12-16,26H2,1-4H3. The first-order chi connectivity index (χ1) is 16.3. The first-order valence-electron chi connectivity index (χ1n) is 11.8. The van der Waals surface area contributed by atoms with Gasteiger partial charge in [0.2, 0.25) is 5.95 Å². The Morgan fingerprint density at radius 3 is 2.59 bits per heavy atom. The zero-order valence-electron chi connectivity index (χ0n) is 20.5. The number of aromatic nitrogens is 4. The molecular formula is C25H34N6O3. The number of anilines is 1. The van der Waals surface area contributed by atoms with Gasteiger partial charge in [0.05, 0.1) is 7.11 Å². The first-order valence-corrected chi connectivity index (χ1v) is 11.8. The predicted molar refractivity (Wildman–Crippen MR) is 135 cm³/mol. The second-order valence-electron chi connectivity index (χ2n) is 9.22. The molecule has 1 fully saturated rings. The number of hydrogen-bond donors (Lipinski definition) is 1. The van der Waals surface area contributed by atoms with E-state index < -0.39 is 0 Å². The molecule has 0 radical (unpaired) electrons. The number of fused-ring (bicyclic) bond motifs is 1. The van der Waals surface area contributed by atoms with Gasteiger partial charge < -0.3 is 19.9 Å². The molecule has 9 heteroatoms. The molecule has 0 bridgehead atoms. The number of allylic oxidation sites excluding steroid dienone is 2. The van der Waals surface area contributed by atoms with Crippen molar-refractivity contribution < 1.29 is 4.74 Å². The number of imidazole rings is 1. The van der Waals surface area contributed by atoms with E-state index in [2.05, 4.69) is 11.0 Å². The smallest absolute Gasteiger partial charge is 0.332 e. The fourth-order valence-electron chi connectivity index (χ4n) is 4.46. The van der Waals surface area contributed by atoms with E-state index in [1.54, 1.807) is 11.7 Å². The second kappa shape index (κ2) is 9.89. The Morgan fingerprint density at radius 2 is 1.94 bits per heavy atom. The van der Waals surface area contributed by atoms with Crippen LogP contribution in [0.2, 0.25) is 0 Å². The van der Waals surface area contributed by atoms with Crippen LogP contribution in [0.3, 0.4) is 0 Å². The minimum Gasteiger partial charge on any atom is -0.497 e. The van der Waals surface area contributed by atoms with Gasteiger partial charge in [-0.05, 0) is 50.8 Å². The number of hydrogen-bond acceptors (Lipinski definition) is 6. The molecule has 0 aliphatic carbocycles. The summed E-state index contributed by atoms with van der Waals surface area (Å²) in [6, 6.07) is 7.83. The number of aryl methyl sites for hydroxylation is 2. The van der Waals surface area contributed by atoms with Gasteiger partial charge in [-0.3, -0.25) is 13.9 Å². The summed E-state index contributed by atoms with van der Waals surface area (Å²) < 4.78 is 9.97. The lowest BCUT2D eigenvalue weighted by atomic mass is 10.1. The van der Waals surface area contributed by atoms with Crippen molar-refractivity contribution in [1.82, 2.24) is 18.7 Å². The normalized spacial score (nSPS) is 16.1. The molecule has 1 unspecified atom stereocenters. The van der Waals surface area contributed by atoms with Gasteiger partial charge in [-0.15, -0.1) is 0 Å². The average Bonchev–Trinajstić information content (AvgIpc) is 3.21. The number of methoxy groups -OCH3 is 1. The number of benzene rings is 1. The highest BCUT2D eigenvalue weighted by molar-refractivity contribution is 5.75. The van der Waals surface area contributed by atoms with Crippen LogP contribution in [0.5, 0.6) is 5.75 Å². The third-order valence-corrected chi connectivity index (χ3v) is 6.42. The van der Waals surface area contributed by atoms with Crippen molar-refractivity contribution in [3.05, 3.63) is 62.3 Å². The van der Waals surface area contributed by atoms with Crippen molar-refractivity contribution >= 4 is 17.1 Å². The predicted octanol–water partition coefficient (Wildman–Crippen LogP) is 2.04. The van der Waals surface area contributed by atoms with Crippen molar-refractivity contribution in [2.75, 3.05) is 25.1 Å². The Bertz CT molecular complexity index is 1310. The molecule has 2 N–H and O–H groups in total. The molecule has 2 aromatic heterocycles. The van der Waals surface area contributed by atoms with E-state index in [1.807, 2.05) is 42.7 Å². The van der Waals surface area contributed by atoms with Gasteiger partial charge in [0, 0.05) is 39.3 Å². The molecule has 0 spiro atoms. The van der Waals surface area contributed by atoms with Crippen molar-refractivity contribution in [1.29, 1.82) is 0 Å². The van der Waals surface area contributed by atoms with Gasteiger partial charge >= 0.3 is 5.69 Å². The topological polar surface area (TPSA) is 100 Å². The number of nitrogens with zero attached hydrogens (tertiary/aromatic N) is 5. The first kappa shape index (κ1) is 23.8. The molecule has 34 heavy (non-hydrogen) atoms. The van der Waals surface area contributed by atoms with Crippen LogP contribution in [-0.2, 0) is 26.6 Å². The largest absolute Gasteiger partial charge is 0.497 e. The summed E-state index contributed by atoms with van der Waals surface area (Å²) in [4.78, 5) is 33.5. The van der Waals surface area contributed by atoms with Crippen LogP contribution in [0.25, 0.3) is 11.2 Å². The maximum atomic E-state index is 13.3. The fraction of sp³-hybridized carbons (Fsp3) is 0.480. The Labute approximate surface area is 199 Å². The number of nitrogens with two attached hydrogens (primary N) is 1. The Morgan fingerprint density at radius 1 is 1.21 bits per heavy atom. The SMILES string of the molecule is COc1ccc(CCn2c(=O)n(C)c(=O)c3c2nc(N2CCCC(N)C2)n3CC=C(C)C)cc1. The highest BCUT2D eigenvalue weighted by Gasteiger charge is 2.26. The molecule has 3 aromatic rings. The van der Waals surface area contributed by atoms with Crippen molar-refractivity contribution in [2.24, 2.45) is 12.8 Å². The number of rotatable bonds is 7. The van der Waals surface area contributed by atoms with E-state index in [4.69, 9.17) is 15.5 Å². The van der Waals surface area contributed by atoms with Gasteiger partial charge in [-0.25, -0.2) is 4.79 Å². The van der Waals surface area contributed by atoms with E-state index in [0.717, 1.165) is 36.3 Å². The van der Waals surface area contributed by atoms with E-state index in [0.29, 0.717) is 43.2 Å². The lowest BCUT2D eigenvalue weighted by molar-refractivity contribution is 0.414. The molecular weight excluding hydrogens is 432 g/mol. The van der Waals surface area contributed by atoms with Crippen LogP contribution in [0.4, 0.5) is 5.95 Å². The molecule has 0 amide bonds. The van der Waals surface area contributed by atoms with E-state index in [1.165, 1.54) is 11.6 Å². The summed E-state index contributed by atoms with van der Waals surface area (Å²) in [5.41, 5.74) is 8.65. The lowest BCUT2D eigenvalue weighted by Crippen LogP contribution is -2.44. The van der Waals surface area contributed by atoms with Crippen LogP contribution in [-0.4, -0.2) is 44.9 Å². The van der Waals surface area contributed by atoms with Gasteiger partial charge in [0.25, 0.3) is 5.56 Å². The fourth-order valence-corrected chi connectivity index (χ4v) is 4.46. The molecule has 182 valence electrons. The van der Waals surface area contributed by atoms with E-state index in [-0.39, 0.29) is 17.3 Å². The summed E-state index contributed by atoms with van der Waals surface area (Å²) in [5, 5.41) is 0. The van der Waals surface area contributed by atoms with Crippen molar-refractivity contribution in [3.8, 4) is 5.75 Å². The molecule has 1 aliphatic heterocycles. The zero-order valence-corrected chi connectivity index (χ0v) is 20.5. The van der Waals surface area contributed by atoms with Gasteiger partial charge in [0.1, 0.15) is 5.75 Å². The van der Waals surface area contributed by atoms with E-state index >= 15 is 0 Å². The highest BCUT2D eigenvalue weighted by Crippen LogP contribution is 2.24. The second-order valence-corrected chi connectivity index (χ2v) is 9.22. The quantitative estimate of drug-likeness (QED) is 0.535. The number of piperidine rings is 1. The number of ether oxygens (including phenoxy) is 1. The molecule has 1 atom stereocenters. The summed E-state index contributed by atoms with van der Waals surface area (Å²) in [6.07, 6.45) is 4.64. The van der Waals surface area contributed by atoms with Crippen LogP contribution in [0.15, 0.2) is 45.5 Å².